The van der Waals surface area contributed by atoms with E-state index in [1.54, 1.807) is 0 Å². The number of hydrogen-bond acceptors (Lipinski definition) is 3. The van der Waals surface area contributed by atoms with Crippen LogP contribution < -0.4 is 5.32 Å². The molecule has 1 aromatic carbocycles. The second kappa shape index (κ2) is 5.37. The van der Waals surface area contributed by atoms with Crippen LogP contribution in [-0.2, 0) is 11.3 Å². The number of fused-ring (bicyclic) bond motifs is 1. The minimum atomic E-state index is -0.755. The molecule has 1 fully saturated rings. The van der Waals surface area contributed by atoms with Crippen molar-refractivity contribution in [1.29, 1.82) is 0 Å². The van der Waals surface area contributed by atoms with Gasteiger partial charge in [0, 0.05) is 48.2 Å². The number of aromatic nitrogens is 1. The molecular weight excluding hydrogens is 276 g/mol. The summed E-state index contributed by atoms with van der Waals surface area (Å²) in [5.74, 6) is 0. The Bertz CT molecular complexity index is 613. The average Bonchev–Trinajstić information content (AvgIpc) is 2.95. The number of H-pyrrole nitrogens is 1. The van der Waals surface area contributed by atoms with Gasteiger partial charge in [0.05, 0.1) is 6.10 Å². The van der Waals surface area contributed by atoms with E-state index in [1.165, 1.54) is 5.56 Å². The minimum Gasteiger partial charge on any atom is -0.386 e. The van der Waals surface area contributed by atoms with E-state index in [2.05, 4.69) is 10.3 Å². The lowest BCUT2D eigenvalue weighted by molar-refractivity contribution is -0.0262. The highest BCUT2D eigenvalue weighted by molar-refractivity contribution is 6.31. The van der Waals surface area contributed by atoms with Crippen LogP contribution >= 0.6 is 11.6 Å². The average molecular weight is 295 g/mol. The molecule has 0 saturated carbocycles. The van der Waals surface area contributed by atoms with Gasteiger partial charge in [-0.2, -0.15) is 0 Å². The van der Waals surface area contributed by atoms with Crippen LogP contribution in [-0.4, -0.2) is 34.9 Å². The van der Waals surface area contributed by atoms with E-state index in [1.807, 2.05) is 31.3 Å². The SMILES string of the molecule is CC1OCCC1(O)CNCc1c[nH]c2cc(Cl)ccc12. The van der Waals surface area contributed by atoms with E-state index in [0.717, 1.165) is 15.9 Å². The molecule has 2 heterocycles. The third-order valence-corrected chi connectivity index (χ3v) is 4.37. The number of ether oxygens (including phenoxy) is 1. The Hall–Kier alpha value is -1.07. The summed E-state index contributed by atoms with van der Waals surface area (Å²) in [5.41, 5.74) is 1.45. The summed E-state index contributed by atoms with van der Waals surface area (Å²) in [4.78, 5) is 3.21. The summed E-state index contributed by atoms with van der Waals surface area (Å²) in [6.07, 6.45) is 2.55. The van der Waals surface area contributed by atoms with Gasteiger partial charge in [-0.25, -0.2) is 0 Å². The molecule has 0 aliphatic carbocycles. The van der Waals surface area contributed by atoms with E-state index in [4.69, 9.17) is 16.3 Å². The van der Waals surface area contributed by atoms with Crippen LogP contribution in [0, 0.1) is 0 Å². The van der Waals surface area contributed by atoms with Gasteiger partial charge in [0.15, 0.2) is 0 Å². The standard InChI is InChI=1S/C15H19ClN2O2/c1-10-15(19,4-5-20-10)9-17-7-11-8-18-14-6-12(16)2-3-13(11)14/h2-3,6,8,10,17-19H,4-5,7,9H2,1H3. The molecule has 2 aromatic rings. The summed E-state index contributed by atoms with van der Waals surface area (Å²) in [6, 6.07) is 5.82. The predicted molar refractivity (Wildman–Crippen MR) is 80.0 cm³/mol. The minimum absolute atomic E-state index is 0.114. The van der Waals surface area contributed by atoms with E-state index in [-0.39, 0.29) is 6.10 Å². The number of aliphatic hydroxyl groups is 1. The maximum atomic E-state index is 10.4. The van der Waals surface area contributed by atoms with E-state index < -0.39 is 5.60 Å². The molecule has 20 heavy (non-hydrogen) atoms. The van der Waals surface area contributed by atoms with Crippen molar-refractivity contribution in [3.8, 4) is 0 Å². The number of aromatic amines is 1. The highest BCUT2D eigenvalue weighted by atomic mass is 35.5. The van der Waals surface area contributed by atoms with Crippen LogP contribution in [0.5, 0.6) is 0 Å². The van der Waals surface area contributed by atoms with Gasteiger partial charge in [-0.3, -0.25) is 0 Å². The van der Waals surface area contributed by atoms with Gasteiger partial charge in [0.25, 0.3) is 0 Å². The molecule has 0 bridgehead atoms. The highest BCUT2D eigenvalue weighted by Gasteiger charge is 2.38. The smallest absolute Gasteiger partial charge is 0.105 e. The first-order valence-corrected chi connectivity index (χ1v) is 7.26. The predicted octanol–water partition coefficient (Wildman–Crippen LogP) is 2.45. The van der Waals surface area contributed by atoms with Crippen LogP contribution in [0.15, 0.2) is 24.4 Å². The second-order valence-electron chi connectivity index (χ2n) is 5.47. The molecule has 0 radical (unpaired) electrons. The molecule has 5 heteroatoms. The van der Waals surface area contributed by atoms with E-state index in [0.29, 0.717) is 26.1 Å². The Balaban J connectivity index is 1.66. The maximum Gasteiger partial charge on any atom is 0.105 e. The summed E-state index contributed by atoms with van der Waals surface area (Å²) in [6.45, 7) is 3.79. The highest BCUT2D eigenvalue weighted by Crippen LogP contribution is 2.25. The number of rotatable bonds is 4. The van der Waals surface area contributed by atoms with Crippen LogP contribution in [0.4, 0.5) is 0 Å². The molecule has 108 valence electrons. The molecule has 2 unspecified atom stereocenters. The van der Waals surface area contributed by atoms with Gasteiger partial charge in [-0.05, 0) is 24.6 Å². The fraction of sp³-hybridized carbons (Fsp3) is 0.467. The zero-order valence-corrected chi connectivity index (χ0v) is 12.2. The van der Waals surface area contributed by atoms with Crippen LogP contribution in [0.3, 0.4) is 0 Å². The normalized spacial score (nSPS) is 26.4. The fourth-order valence-electron chi connectivity index (χ4n) is 2.72. The third-order valence-electron chi connectivity index (χ3n) is 4.14. The quantitative estimate of drug-likeness (QED) is 0.812. The second-order valence-corrected chi connectivity index (χ2v) is 5.91. The molecule has 1 aliphatic rings. The Kier molecular flexibility index (Phi) is 3.73. The lowest BCUT2D eigenvalue weighted by Crippen LogP contribution is -2.45. The van der Waals surface area contributed by atoms with Gasteiger partial charge in [0.1, 0.15) is 5.60 Å². The Morgan fingerprint density at radius 2 is 2.40 bits per heavy atom. The van der Waals surface area contributed by atoms with Crippen LogP contribution in [0.25, 0.3) is 10.9 Å². The Morgan fingerprint density at radius 1 is 1.55 bits per heavy atom. The summed E-state index contributed by atoms with van der Waals surface area (Å²) >= 11 is 5.97. The van der Waals surface area contributed by atoms with Crippen molar-refractivity contribution in [1.82, 2.24) is 10.3 Å². The van der Waals surface area contributed by atoms with Crippen molar-refractivity contribution in [2.75, 3.05) is 13.2 Å². The molecule has 0 amide bonds. The molecular formula is C15H19ClN2O2. The first-order valence-electron chi connectivity index (χ1n) is 6.89. The van der Waals surface area contributed by atoms with Crippen molar-refractivity contribution in [3.63, 3.8) is 0 Å². The van der Waals surface area contributed by atoms with Crippen LogP contribution in [0.2, 0.25) is 5.02 Å². The summed E-state index contributed by atoms with van der Waals surface area (Å²) < 4.78 is 5.43. The van der Waals surface area contributed by atoms with Crippen LogP contribution in [0.1, 0.15) is 18.9 Å². The number of hydrogen-bond donors (Lipinski definition) is 3. The number of benzene rings is 1. The largest absolute Gasteiger partial charge is 0.386 e. The lowest BCUT2D eigenvalue weighted by atomic mass is 9.96. The molecule has 1 saturated heterocycles. The van der Waals surface area contributed by atoms with Gasteiger partial charge in [-0.1, -0.05) is 17.7 Å². The number of halogens is 1. The zero-order chi connectivity index (χ0) is 14.2. The van der Waals surface area contributed by atoms with Crippen molar-refractivity contribution in [2.24, 2.45) is 0 Å². The number of nitrogens with one attached hydrogen (secondary N) is 2. The first-order chi connectivity index (χ1) is 9.58. The molecule has 1 aliphatic heterocycles. The molecule has 4 nitrogen and oxygen atoms in total. The maximum absolute atomic E-state index is 10.4. The van der Waals surface area contributed by atoms with E-state index in [9.17, 15) is 5.11 Å². The molecule has 3 rings (SSSR count). The Morgan fingerprint density at radius 3 is 3.15 bits per heavy atom. The topological polar surface area (TPSA) is 57.3 Å². The third kappa shape index (κ3) is 2.56. The molecule has 2 atom stereocenters. The monoisotopic (exact) mass is 294 g/mol. The first kappa shape index (κ1) is 13.9. The summed E-state index contributed by atoms with van der Waals surface area (Å²) in [5, 5.41) is 15.6. The van der Waals surface area contributed by atoms with Gasteiger partial charge >= 0.3 is 0 Å². The van der Waals surface area contributed by atoms with Crippen molar-refractivity contribution < 1.29 is 9.84 Å². The van der Waals surface area contributed by atoms with E-state index >= 15 is 0 Å². The Labute approximate surface area is 123 Å². The van der Waals surface area contributed by atoms with Gasteiger partial charge in [-0.15, -0.1) is 0 Å². The molecule has 3 N–H and O–H groups in total. The fourth-order valence-corrected chi connectivity index (χ4v) is 2.89. The van der Waals surface area contributed by atoms with Crippen molar-refractivity contribution >= 4 is 22.5 Å². The van der Waals surface area contributed by atoms with Crippen molar-refractivity contribution in [2.45, 2.75) is 31.6 Å². The van der Waals surface area contributed by atoms with Gasteiger partial charge in [0.2, 0.25) is 0 Å². The molecule has 1 aromatic heterocycles. The molecule has 0 spiro atoms. The lowest BCUT2D eigenvalue weighted by Gasteiger charge is -2.26. The zero-order valence-electron chi connectivity index (χ0n) is 11.4. The summed E-state index contributed by atoms with van der Waals surface area (Å²) in [7, 11) is 0. The van der Waals surface area contributed by atoms with Crippen molar-refractivity contribution in [3.05, 3.63) is 35.0 Å². The van der Waals surface area contributed by atoms with Gasteiger partial charge < -0.3 is 20.1 Å².